The molecule has 0 aromatic carbocycles. The van der Waals surface area contributed by atoms with Crippen molar-refractivity contribution in [3.8, 4) is 0 Å². The van der Waals surface area contributed by atoms with E-state index in [1.54, 1.807) is 11.3 Å². The second-order valence-corrected chi connectivity index (χ2v) is 5.56. The van der Waals surface area contributed by atoms with Gasteiger partial charge in [0.1, 0.15) is 0 Å². The fourth-order valence-corrected chi connectivity index (χ4v) is 2.95. The first kappa shape index (κ1) is 12.6. The molecular weight excluding hydrogens is 232 g/mol. The van der Waals surface area contributed by atoms with E-state index in [1.165, 1.54) is 0 Å². The van der Waals surface area contributed by atoms with E-state index in [0.717, 1.165) is 37.4 Å². The van der Waals surface area contributed by atoms with Crippen LogP contribution in [0.15, 0.2) is 17.5 Å². The SMILES string of the molecule is CCN1CCC(NC(=O)Cc2cccs2)CC1. The molecule has 1 amide bonds. The van der Waals surface area contributed by atoms with Gasteiger partial charge in [-0.15, -0.1) is 11.3 Å². The molecule has 1 aromatic rings. The molecule has 0 spiro atoms. The third-order valence-electron chi connectivity index (χ3n) is 3.31. The average Bonchev–Trinajstić information content (AvgIpc) is 2.82. The van der Waals surface area contributed by atoms with Crippen molar-refractivity contribution >= 4 is 17.2 Å². The van der Waals surface area contributed by atoms with Gasteiger partial charge in [-0.1, -0.05) is 13.0 Å². The summed E-state index contributed by atoms with van der Waals surface area (Å²) in [6, 6.07) is 4.39. The van der Waals surface area contributed by atoms with Gasteiger partial charge in [-0.2, -0.15) is 0 Å². The number of hydrogen-bond donors (Lipinski definition) is 1. The molecule has 94 valence electrons. The molecule has 1 N–H and O–H groups in total. The van der Waals surface area contributed by atoms with Crippen molar-refractivity contribution in [2.75, 3.05) is 19.6 Å². The summed E-state index contributed by atoms with van der Waals surface area (Å²) >= 11 is 1.65. The Kier molecular flexibility index (Phi) is 4.57. The molecule has 1 aromatic heterocycles. The van der Waals surface area contributed by atoms with Gasteiger partial charge in [0.25, 0.3) is 0 Å². The van der Waals surface area contributed by atoms with Crippen molar-refractivity contribution in [1.82, 2.24) is 10.2 Å². The molecule has 1 aliphatic heterocycles. The summed E-state index contributed by atoms with van der Waals surface area (Å²) < 4.78 is 0. The van der Waals surface area contributed by atoms with Gasteiger partial charge < -0.3 is 10.2 Å². The molecule has 2 heterocycles. The molecule has 0 bridgehead atoms. The highest BCUT2D eigenvalue weighted by atomic mass is 32.1. The quantitative estimate of drug-likeness (QED) is 0.887. The summed E-state index contributed by atoms with van der Waals surface area (Å²) in [5.41, 5.74) is 0. The van der Waals surface area contributed by atoms with E-state index in [-0.39, 0.29) is 5.91 Å². The standard InChI is InChI=1S/C13H20N2OS/c1-2-15-7-5-11(6-8-15)14-13(16)10-12-4-3-9-17-12/h3-4,9,11H,2,5-8,10H2,1H3,(H,14,16). The van der Waals surface area contributed by atoms with Crippen molar-refractivity contribution < 1.29 is 4.79 Å². The number of thiophene rings is 1. The molecule has 0 saturated carbocycles. The fraction of sp³-hybridized carbons (Fsp3) is 0.615. The molecule has 2 rings (SSSR count). The lowest BCUT2D eigenvalue weighted by Crippen LogP contribution is -2.44. The highest BCUT2D eigenvalue weighted by Crippen LogP contribution is 2.12. The van der Waals surface area contributed by atoms with Crippen molar-refractivity contribution in [1.29, 1.82) is 0 Å². The van der Waals surface area contributed by atoms with Crippen LogP contribution >= 0.6 is 11.3 Å². The normalized spacial score (nSPS) is 18.2. The van der Waals surface area contributed by atoms with E-state index in [0.29, 0.717) is 12.5 Å². The van der Waals surface area contributed by atoms with E-state index in [9.17, 15) is 4.79 Å². The number of rotatable bonds is 4. The van der Waals surface area contributed by atoms with E-state index in [2.05, 4.69) is 17.1 Å². The number of hydrogen-bond acceptors (Lipinski definition) is 3. The monoisotopic (exact) mass is 252 g/mol. The zero-order valence-electron chi connectivity index (χ0n) is 10.3. The van der Waals surface area contributed by atoms with Gasteiger partial charge >= 0.3 is 0 Å². The van der Waals surface area contributed by atoms with E-state index >= 15 is 0 Å². The number of nitrogens with one attached hydrogen (secondary N) is 1. The second kappa shape index (κ2) is 6.17. The first-order valence-electron chi connectivity index (χ1n) is 6.32. The lowest BCUT2D eigenvalue weighted by Gasteiger charge is -2.31. The van der Waals surface area contributed by atoms with E-state index < -0.39 is 0 Å². The number of nitrogens with zero attached hydrogens (tertiary/aromatic N) is 1. The molecular formula is C13H20N2OS. The first-order chi connectivity index (χ1) is 8.28. The Balaban J connectivity index is 1.72. The lowest BCUT2D eigenvalue weighted by atomic mass is 10.0. The average molecular weight is 252 g/mol. The Labute approximate surface area is 107 Å². The van der Waals surface area contributed by atoms with Crippen molar-refractivity contribution in [2.24, 2.45) is 0 Å². The first-order valence-corrected chi connectivity index (χ1v) is 7.20. The van der Waals surface area contributed by atoms with Crippen LogP contribution in [-0.4, -0.2) is 36.5 Å². The molecule has 1 fully saturated rings. The largest absolute Gasteiger partial charge is 0.353 e. The molecule has 4 heteroatoms. The summed E-state index contributed by atoms with van der Waals surface area (Å²) in [6.07, 6.45) is 2.71. The van der Waals surface area contributed by atoms with Gasteiger partial charge in [0.15, 0.2) is 0 Å². The predicted molar refractivity (Wildman–Crippen MR) is 71.3 cm³/mol. The summed E-state index contributed by atoms with van der Waals surface area (Å²) in [6.45, 7) is 5.53. The Morgan fingerprint density at radius 1 is 1.53 bits per heavy atom. The maximum atomic E-state index is 11.8. The summed E-state index contributed by atoms with van der Waals surface area (Å²) in [5, 5.41) is 5.16. The van der Waals surface area contributed by atoms with Crippen LogP contribution in [0, 0.1) is 0 Å². The van der Waals surface area contributed by atoms with Gasteiger partial charge in [-0.05, 0) is 30.8 Å². The smallest absolute Gasteiger partial charge is 0.225 e. The topological polar surface area (TPSA) is 32.3 Å². The number of carbonyl (C=O) groups excluding carboxylic acids is 1. The van der Waals surface area contributed by atoms with Crippen LogP contribution in [0.4, 0.5) is 0 Å². The van der Waals surface area contributed by atoms with Crippen LogP contribution in [0.1, 0.15) is 24.6 Å². The molecule has 0 aliphatic carbocycles. The molecule has 1 aliphatic rings. The minimum atomic E-state index is 0.169. The van der Waals surface area contributed by atoms with Gasteiger partial charge in [-0.25, -0.2) is 0 Å². The molecule has 1 saturated heterocycles. The third kappa shape index (κ3) is 3.82. The Bertz CT molecular complexity index is 342. The van der Waals surface area contributed by atoms with Crippen molar-refractivity contribution in [2.45, 2.75) is 32.2 Å². The predicted octanol–water partition coefficient (Wildman–Crippen LogP) is 1.89. The van der Waals surface area contributed by atoms with Gasteiger partial charge in [0, 0.05) is 24.0 Å². The zero-order chi connectivity index (χ0) is 12.1. The van der Waals surface area contributed by atoms with Crippen molar-refractivity contribution in [3.05, 3.63) is 22.4 Å². The molecule has 17 heavy (non-hydrogen) atoms. The van der Waals surface area contributed by atoms with Crippen LogP contribution in [-0.2, 0) is 11.2 Å². The number of amides is 1. The van der Waals surface area contributed by atoms with Crippen LogP contribution in [0.3, 0.4) is 0 Å². The molecule has 0 atom stereocenters. The maximum absolute atomic E-state index is 11.8. The Morgan fingerprint density at radius 2 is 2.29 bits per heavy atom. The van der Waals surface area contributed by atoms with E-state index in [1.807, 2.05) is 17.5 Å². The highest BCUT2D eigenvalue weighted by molar-refractivity contribution is 7.10. The van der Waals surface area contributed by atoms with Crippen LogP contribution in [0.25, 0.3) is 0 Å². The third-order valence-corrected chi connectivity index (χ3v) is 4.19. The molecule has 0 unspecified atom stereocenters. The molecule has 0 radical (unpaired) electrons. The number of likely N-dealkylation sites (tertiary alicyclic amines) is 1. The minimum Gasteiger partial charge on any atom is -0.353 e. The Morgan fingerprint density at radius 3 is 2.88 bits per heavy atom. The summed E-state index contributed by atoms with van der Waals surface area (Å²) in [4.78, 5) is 15.4. The Hall–Kier alpha value is -0.870. The minimum absolute atomic E-state index is 0.169. The van der Waals surface area contributed by atoms with Gasteiger partial charge in [-0.3, -0.25) is 4.79 Å². The highest BCUT2D eigenvalue weighted by Gasteiger charge is 2.19. The fourth-order valence-electron chi connectivity index (χ4n) is 2.24. The van der Waals surface area contributed by atoms with E-state index in [4.69, 9.17) is 0 Å². The van der Waals surface area contributed by atoms with Crippen molar-refractivity contribution in [3.63, 3.8) is 0 Å². The van der Waals surface area contributed by atoms with Crippen LogP contribution in [0.5, 0.6) is 0 Å². The maximum Gasteiger partial charge on any atom is 0.225 e. The van der Waals surface area contributed by atoms with Crippen LogP contribution in [0.2, 0.25) is 0 Å². The lowest BCUT2D eigenvalue weighted by molar-refractivity contribution is -0.121. The zero-order valence-corrected chi connectivity index (χ0v) is 11.1. The second-order valence-electron chi connectivity index (χ2n) is 4.53. The number of carbonyl (C=O) groups is 1. The summed E-state index contributed by atoms with van der Waals surface area (Å²) in [5.74, 6) is 0.169. The number of piperidine rings is 1. The van der Waals surface area contributed by atoms with Crippen LogP contribution < -0.4 is 5.32 Å². The van der Waals surface area contributed by atoms with Gasteiger partial charge in [0.05, 0.1) is 6.42 Å². The molecule has 3 nitrogen and oxygen atoms in total. The summed E-state index contributed by atoms with van der Waals surface area (Å²) in [7, 11) is 0. The van der Waals surface area contributed by atoms with Gasteiger partial charge in [0.2, 0.25) is 5.91 Å².